The number of pyridine rings is 1. The third-order valence-corrected chi connectivity index (χ3v) is 5.63. The lowest BCUT2D eigenvalue weighted by Crippen LogP contribution is -2.47. The predicted molar refractivity (Wildman–Crippen MR) is 123 cm³/mol. The van der Waals surface area contributed by atoms with E-state index in [0.717, 1.165) is 37.3 Å². The molecule has 0 radical (unpaired) electrons. The first kappa shape index (κ1) is 21.6. The molecule has 32 heavy (non-hydrogen) atoms. The number of ether oxygens (including phenoxy) is 1. The van der Waals surface area contributed by atoms with Gasteiger partial charge in [-0.2, -0.15) is 5.26 Å². The van der Waals surface area contributed by atoms with E-state index < -0.39 is 0 Å². The Hall–Kier alpha value is -3.67. The van der Waals surface area contributed by atoms with Gasteiger partial charge in [-0.25, -0.2) is 4.98 Å². The van der Waals surface area contributed by atoms with Gasteiger partial charge in [0.05, 0.1) is 30.5 Å². The number of methoxy groups -OCH3 is 1. The number of fused-ring (bicyclic) bond motifs is 1. The summed E-state index contributed by atoms with van der Waals surface area (Å²) in [6.07, 6.45) is 0. The molecule has 1 aliphatic heterocycles. The zero-order chi connectivity index (χ0) is 22.5. The van der Waals surface area contributed by atoms with E-state index in [9.17, 15) is 10.1 Å². The van der Waals surface area contributed by atoms with Crippen molar-refractivity contribution in [3.8, 4) is 11.8 Å². The SMILES string of the molecule is COc1cc(C(=O)Nc2ccc(N3CCN(CCO)CC3)c(C#N)c2)nc2ccccc12. The summed E-state index contributed by atoms with van der Waals surface area (Å²) in [5.41, 5.74) is 2.79. The minimum atomic E-state index is -0.372. The van der Waals surface area contributed by atoms with E-state index >= 15 is 0 Å². The number of aliphatic hydroxyl groups is 1. The normalized spacial score (nSPS) is 14.2. The Labute approximate surface area is 186 Å². The number of hydrogen-bond donors (Lipinski definition) is 2. The maximum atomic E-state index is 12.9. The number of amides is 1. The molecule has 1 aliphatic rings. The second-order valence-electron chi connectivity index (χ2n) is 7.58. The van der Waals surface area contributed by atoms with E-state index in [1.165, 1.54) is 0 Å². The average Bonchev–Trinajstić information content (AvgIpc) is 2.84. The molecule has 0 atom stereocenters. The fourth-order valence-corrected chi connectivity index (χ4v) is 3.96. The lowest BCUT2D eigenvalue weighted by atomic mass is 10.1. The molecule has 2 heterocycles. The standard InChI is InChI=1S/C24H25N5O3/c1-32-23-15-21(27-20-5-3-2-4-19(20)23)24(31)26-18-6-7-22(17(14-18)16-25)29-10-8-28(9-11-29)12-13-30/h2-7,14-15,30H,8-13H2,1H3,(H,26,31). The van der Waals surface area contributed by atoms with Crippen molar-refractivity contribution in [1.29, 1.82) is 5.26 Å². The third kappa shape index (κ3) is 4.49. The number of benzene rings is 2. The van der Waals surface area contributed by atoms with Crippen molar-refractivity contribution in [2.75, 3.05) is 56.7 Å². The van der Waals surface area contributed by atoms with Crippen molar-refractivity contribution in [3.05, 3.63) is 59.8 Å². The van der Waals surface area contributed by atoms with E-state index in [2.05, 4.69) is 26.2 Å². The molecule has 1 aromatic heterocycles. The number of β-amino-alcohol motifs (C(OH)–C–C–N with tert-alkyl or cyclic N) is 1. The summed E-state index contributed by atoms with van der Waals surface area (Å²) in [6.45, 7) is 4.04. The first-order valence-corrected chi connectivity index (χ1v) is 10.5. The number of carbonyl (C=O) groups excluding carboxylic acids is 1. The number of carbonyl (C=O) groups is 1. The smallest absolute Gasteiger partial charge is 0.274 e. The van der Waals surface area contributed by atoms with Gasteiger partial charge in [0.1, 0.15) is 17.5 Å². The van der Waals surface area contributed by atoms with Crippen LogP contribution >= 0.6 is 0 Å². The zero-order valence-corrected chi connectivity index (χ0v) is 17.9. The highest BCUT2D eigenvalue weighted by Crippen LogP contribution is 2.27. The number of anilines is 2. The van der Waals surface area contributed by atoms with Crippen molar-refractivity contribution < 1.29 is 14.6 Å². The van der Waals surface area contributed by atoms with E-state index in [4.69, 9.17) is 9.84 Å². The summed E-state index contributed by atoms with van der Waals surface area (Å²) >= 11 is 0. The van der Waals surface area contributed by atoms with Crippen molar-refractivity contribution in [2.24, 2.45) is 0 Å². The van der Waals surface area contributed by atoms with Gasteiger partial charge >= 0.3 is 0 Å². The molecular formula is C24H25N5O3. The molecule has 4 rings (SSSR count). The lowest BCUT2D eigenvalue weighted by molar-refractivity contribution is 0.102. The molecule has 0 spiro atoms. The van der Waals surface area contributed by atoms with Crippen LogP contribution < -0.4 is 15.0 Å². The summed E-state index contributed by atoms with van der Waals surface area (Å²) in [4.78, 5) is 21.7. The van der Waals surface area contributed by atoms with Gasteiger partial charge in [-0.3, -0.25) is 9.69 Å². The number of rotatable bonds is 6. The van der Waals surface area contributed by atoms with E-state index in [1.54, 1.807) is 25.3 Å². The lowest BCUT2D eigenvalue weighted by Gasteiger charge is -2.36. The Balaban J connectivity index is 1.52. The molecular weight excluding hydrogens is 406 g/mol. The van der Waals surface area contributed by atoms with E-state index in [1.807, 2.05) is 30.3 Å². The van der Waals surface area contributed by atoms with Crippen LogP contribution in [0.15, 0.2) is 48.5 Å². The molecule has 0 unspecified atom stereocenters. The van der Waals surface area contributed by atoms with Crippen molar-refractivity contribution in [3.63, 3.8) is 0 Å². The van der Waals surface area contributed by atoms with Crippen LogP contribution in [0.5, 0.6) is 5.75 Å². The molecule has 8 heteroatoms. The Morgan fingerprint density at radius 3 is 2.69 bits per heavy atom. The summed E-state index contributed by atoms with van der Waals surface area (Å²) in [7, 11) is 1.56. The van der Waals surface area contributed by atoms with Crippen LogP contribution in [0.1, 0.15) is 16.1 Å². The fraction of sp³-hybridized carbons (Fsp3) is 0.292. The molecule has 1 saturated heterocycles. The molecule has 8 nitrogen and oxygen atoms in total. The Bertz CT molecular complexity index is 1170. The van der Waals surface area contributed by atoms with Crippen molar-refractivity contribution in [1.82, 2.24) is 9.88 Å². The Morgan fingerprint density at radius 2 is 1.97 bits per heavy atom. The summed E-state index contributed by atoms with van der Waals surface area (Å²) in [5, 5.41) is 22.5. The molecule has 0 bridgehead atoms. The fourth-order valence-electron chi connectivity index (χ4n) is 3.96. The zero-order valence-electron chi connectivity index (χ0n) is 17.9. The third-order valence-electron chi connectivity index (χ3n) is 5.63. The van der Waals surface area contributed by atoms with Gasteiger partial charge < -0.3 is 20.1 Å². The summed E-state index contributed by atoms with van der Waals surface area (Å²) in [6, 6.07) is 16.7. The minimum absolute atomic E-state index is 0.149. The quantitative estimate of drug-likeness (QED) is 0.618. The van der Waals surface area contributed by atoms with Crippen LogP contribution in [0.4, 0.5) is 11.4 Å². The Morgan fingerprint density at radius 1 is 1.19 bits per heavy atom. The molecule has 0 aliphatic carbocycles. The van der Waals surface area contributed by atoms with Crippen LogP contribution in [0.3, 0.4) is 0 Å². The molecule has 0 saturated carbocycles. The van der Waals surface area contributed by atoms with Gasteiger partial charge in [-0.1, -0.05) is 12.1 Å². The number of nitrogens with zero attached hydrogens (tertiary/aromatic N) is 4. The largest absolute Gasteiger partial charge is 0.496 e. The monoisotopic (exact) mass is 431 g/mol. The number of aromatic nitrogens is 1. The molecule has 2 N–H and O–H groups in total. The maximum Gasteiger partial charge on any atom is 0.274 e. The topological polar surface area (TPSA) is 102 Å². The summed E-state index contributed by atoms with van der Waals surface area (Å²) in [5.74, 6) is 0.206. The first-order chi connectivity index (χ1) is 15.6. The van der Waals surface area contributed by atoms with Crippen molar-refractivity contribution in [2.45, 2.75) is 0 Å². The maximum absolute atomic E-state index is 12.9. The molecule has 3 aromatic rings. The van der Waals surface area contributed by atoms with Gasteiger partial charge in [-0.15, -0.1) is 0 Å². The van der Waals surface area contributed by atoms with Crippen LogP contribution in [-0.4, -0.2) is 67.3 Å². The average molecular weight is 431 g/mol. The predicted octanol–water partition coefficient (Wildman–Crippen LogP) is 2.48. The molecule has 2 aromatic carbocycles. The van der Waals surface area contributed by atoms with Crippen LogP contribution in [-0.2, 0) is 0 Å². The second-order valence-corrected chi connectivity index (χ2v) is 7.58. The number of piperazine rings is 1. The Kier molecular flexibility index (Phi) is 6.50. The molecule has 1 fully saturated rings. The number of aliphatic hydroxyl groups excluding tert-OH is 1. The molecule has 1 amide bonds. The van der Waals surface area contributed by atoms with E-state index in [0.29, 0.717) is 29.1 Å². The van der Waals surface area contributed by atoms with Gasteiger partial charge in [0.25, 0.3) is 5.91 Å². The van der Waals surface area contributed by atoms with Crippen LogP contribution in [0.2, 0.25) is 0 Å². The van der Waals surface area contributed by atoms with Gasteiger partial charge in [0.2, 0.25) is 0 Å². The van der Waals surface area contributed by atoms with E-state index in [-0.39, 0.29) is 18.2 Å². The number of nitrogens with one attached hydrogen (secondary N) is 1. The highest BCUT2D eigenvalue weighted by atomic mass is 16.5. The van der Waals surface area contributed by atoms with Gasteiger partial charge in [-0.05, 0) is 30.3 Å². The van der Waals surface area contributed by atoms with Crippen molar-refractivity contribution >= 4 is 28.2 Å². The van der Waals surface area contributed by atoms with Gasteiger partial charge in [0.15, 0.2) is 0 Å². The highest BCUT2D eigenvalue weighted by molar-refractivity contribution is 6.05. The number of hydrogen-bond acceptors (Lipinski definition) is 7. The highest BCUT2D eigenvalue weighted by Gasteiger charge is 2.20. The van der Waals surface area contributed by atoms with Gasteiger partial charge in [0, 0.05) is 49.9 Å². The summed E-state index contributed by atoms with van der Waals surface area (Å²) < 4.78 is 5.42. The first-order valence-electron chi connectivity index (χ1n) is 10.5. The van der Waals surface area contributed by atoms with Crippen LogP contribution in [0.25, 0.3) is 10.9 Å². The van der Waals surface area contributed by atoms with Crippen LogP contribution in [0, 0.1) is 11.3 Å². The second kappa shape index (κ2) is 9.64. The minimum Gasteiger partial charge on any atom is -0.496 e. The number of nitriles is 1. The molecule has 164 valence electrons. The number of para-hydroxylation sites is 1.